The fraction of sp³-hybridized carbons (Fsp3) is 0.650. The molecule has 2 fully saturated rings. The van der Waals surface area contributed by atoms with E-state index in [0.29, 0.717) is 24.1 Å². The van der Waals surface area contributed by atoms with E-state index in [2.05, 4.69) is 10.2 Å². The molecule has 2 aliphatic heterocycles. The fourth-order valence-electron chi connectivity index (χ4n) is 4.12. The molecule has 0 aliphatic carbocycles. The molecule has 0 unspecified atom stereocenters. The molecule has 150 valence electrons. The van der Waals surface area contributed by atoms with Crippen LogP contribution in [0.2, 0.25) is 0 Å². The Morgan fingerprint density at radius 3 is 2.59 bits per heavy atom. The summed E-state index contributed by atoms with van der Waals surface area (Å²) in [4.78, 5) is 15.1. The lowest BCUT2D eigenvalue weighted by Gasteiger charge is -2.44. The number of nitrogens with zero attached hydrogens (tertiary/aromatic N) is 1. The second kappa shape index (κ2) is 9.32. The van der Waals surface area contributed by atoms with Gasteiger partial charge in [-0.15, -0.1) is 0 Å². The molecule has 0 spiro atoms. The Morgan fingerprint density at radius 2 is 1.89 bits per heavy atom. The van der Waals surface area contributed by atoms with Gasteiger partial charge in [0.2, 0.25) is 3.79 Å². The molecule has 0 bridgehead atoms. The Bertz CT molecular complexity index is 631. The molecule has 3 atom stereocenters. The highest BCUT2D eigenvalue weighted by atomic mass is 35.6. The monoisotopic (exact) mass is 432 g/mol. The van der Waals surface area contributed by atoms with E-state index in [0.717, 1.165) is 12.0 Å². The van der Waals surface area contributed by atoms with Gasteiger partial charge in [-0.3, -0.25) is 4.79 Å². The number of nitrogens with one attached hydrogen (secondary N) is 1. The lowest BCUT2D eigenvalue weighted by atomic mass is 9.84. The zero-order valence-electron chi connectivity index (χ0n) is 15.6. The standard InChI is InChI=1S/C20H27Cl3N2O2/c1-14-7-9-15(10-8-14)18(26)24-19(20(21,22)23)27-13-16-5-4-12-25-11-3-2-6-17(16)25/h7-10,16-17,19H,2-6,11-13H2,1H3,(H,24,26)/t16-,17+,19-/m1/s1. The van der Waals surface area contributed by atoms with Crippen LogP contribution in [-0.4, -0.2) is 46.6 Å². The molecule has 1 aromatic rings. The first-order chi connectivity index (χ1) is 12.8. The third kappa shape index (κ3) is 5.74. The number of carbonyl (C=O) groups excluding carboxylic acids is 1. The zero-order chi connectivity index (χ0) is 19.4. The minimum Gasteiger partial charge on any atom is -0.354 e. The van der Waals surface area contributed by atoms with Gasteiger partial charge in [-0.1, -0.05) is 58.9 Å². The lowest BCUT2D eigenvalue weighted by molar-refractivity contribution is -0.0325. The smallest absolute Gasteiger partial charge is 0.253 e. The number of carbonyl (C=O) groups is 1. The maximum Gasteiger partial charge on any atom is 0.253 e. The summed E-state index contributed by atoms with van der Waals surface area (Å²) in [5.74, 6) is 0.0967. The predicted molar refractivity (Wildman–Crippen MR) is 111 cm³/mol. The van der Waals surface area contributed by atoms with E-state index < -0.39 is 10.0 Å². The second-order valence-electron chi connectivity index (χ2n) is 7.60. The van der Waals surface area contributed by atoms with Crippen LogP contribution in [0.15, 0.2) is 24.3 Å². The molecule has 27 heavy (non-hydrogen) atoms. The van der Waals surface area contributed by atoms with Crippen molar-refractivity contribution in [3.63, 3.8) is 0 Å². The largest absolute Gasteiger partial charge is 0.354 e. The van der Waals surface area contributed by atoms with E-state index in [-0.39, 0.29) is 5.91 Å². The van der Waals surface area contributed by atoms with Crippen LogP contribution in [-0.2, 0) is 4.74 Å². The number of piperidine rings is 2. The summed E-state index contributed by atoms with van der Waals surface area (Å²) in [6.45, 7) is 4.78. The summed E-state index contributed by atoms with van der Waals surface area (Å²) >= 11 is 18.3. The molecular formula is C20H27Cl3N2O2. The Hall–Kier alpha value is -0.520. The number of hydrogen-bond acceptors (Lipinski definition) is 3. The van der Waals surface area contributed by atoms with Crippen molar-refractivity contribution in [2.45, 2.75) is 55.1 Å². The van der Waals surface area contributed by atoms with E-state index in [9.17, 15) is 4.79 Å². The molecule has 1 aromatic carbocycles. The number of hydrogen-bond donors (Lipinski definition) is 1. The van der Waals surface area contributed by atoms with Gasteiger partial charge in [0.05, 0.1) is 6.61 Å². The van der Waals surface area contributed by atoms with Crippen LogP contribution < -0.4 is 5.32 Å². The number of amides is 1. The van der Waals surface area contributed by atoms with Crippen molar-refractivity contribution in [1.82, 2.24) is 10.2 Å². The summed E-state index contributed by atoms with van der Waals surface area (Å²) in [6.07, 6.45) is 5.01. The Balaban J connectivity index is 1.61. The summed E-state index contributed by atoms with van der Waals surface area (Å²) < 4.78 is 4.22. The number of benzene rings is 1. The molecule has 2 heterocycles. The van der Waals surface area contributed by atoms with Crippen LogP contribution in [0.3, 0.4) is 0 Å². The summed E-state index contributed by atoms with van der Waals surface area (Å²) in [5, 5.41) is 2.73. The molecule has 4 nitrogen and oxygen atoms in total. The van der Waals surface area contributed by atoms with Crippen molar-refractivity contribution in [3.05, 3.63) is 35.4 Å². The Kier molecular flexibility index (Phi) is 7.32. The minimum absolute atomic E-state index is 0.311. The molecular weight excluding hydrogens is 407 g/mol. The number of fused-ring (bicyclic) bond motifs is 1. The van der Waals surface area contributed by atoms with E-state index in [1.54, 1.807) is 12.1 Å². The highest BCUT2D eigenvalue weighted by Gasteiger charge is 2.38. The van der Waals surface area contributed by atoms with Crippen LogP contribution >= 0.6 is 34.8 Å². The normalized spacial score (nSPS) is 24.9. The van der Waals surface area contributed by atoms with Gasteiger partial charge >= 0.3 is 0 Å². The number of ether oxygens (including phenoxy) is 1. The highest BCUT2D eigenvalue weighted by Crippen LogP contribution is 2.34. The summed E-state index contributed by atoms with van der Waals surface area (Å²) in [5.41, 5.74) is 1.59. The molecule has 0 saturated carbocycles. The molecule has 2 aliphatic rings. The molecule has 0 aromatic heterocycles. The third-order valence-electron chi connectivity index (χ3n) is 5.58. The minimum atomic E-state index is -1.73. The SMILES string of the molecule is Cc1ccc(C(=O)N[C@H](OC[C@H]2CCCN3CCCC[C@@H]23)C(Cl)(Cl)Cl)cc1. The van der Waals surface area contributed by atoms with E-state index in [4.69, 9.17) is 39.5 Å². The highest BCUT2D eigenvalue weighted by molar-refractivity contribution is 6.68. The first-order valence-electron chi connectivity index (χ1n) is 9.64. The van der Waals surface area contributed by atoms with Crippen LogP contribution in [0.5, 0.6) is 0 Å². The lowest BCUT2D eigenvalue weighted by Crippen LogP contribution is -2.51. The molecule has 3 rings (SSSR count). The molecule has 1 amide bonds. The van der Waals surface area contributed by atoms with Crippen molar-refractivity contribution in [1.29, 1.82) is 0 Å². The fourth-order valence-corrected chi connectivity index (χ4v) is 4.47. The van der Waals surface area contributed by atoms with Gasteiger partial charge in [0.25, 0.3) is 5.91 Å². The van der Waals surface area contributed by atoms with Gasteiger partial charge in [-0.25, -0.2) is 0 Å². The number of halogens is 3. The van der Waals surface area contributed by atoms with Crippen molar-refractivity contribution in [2.24, 2.45) is 5.92 Å². The third-order valence-corrected chi connectivity index (χ3v) is 6.17. The zero-order valence-corrected chi connectivity index (χ0v) is 17.9. The van der Waals surface area contributed by atoms with Crippen molar-refractivity contribution >= 4 is 40.7 Å². The van der Waals surface area contributed by atoms with E-state index in [1.807, 2.05) is 19.1 Å². The molecule has 7 heteroatoms. The van der Waals surface area contributed by atoms with Gasteiger partial charge in [-0.05, 0) is 63.7 Å². The maximum atomic E-state index is 12.5. The topological polar surface area (TPSA) is 41.6 Å². The van der Waals surface area contributed by atoms with Crippen LogP contribution in [0.4, 0.5) is 0 Å². The van der Waals surface area contributed by atoms with Gasteiger partial charge in [0.15, 0.2) is 6.23 Å². The van der Waals surface area contributed by atoms with Gasteiger partial charge < -0.3 is 15.0 Å². The van der Waals surface area contributed by atoms with Gasteiger partial charge in [0.1, 0.15) is 0 Å². The summed E-state index contributed by atoms with van der Waals surface area (Å²) in [6, 6.07) is 7.79. The van der Waals surface area contributed by atoms with E-state index in [1.165, 1.54) is 38.8 Å². The molecule has 1 N–H and O–H groups in total. The summed E-state index contributed by atoms with van der Waals surface area (Å²) in [7, 11) is 0. The van der Waals surface area contributed by atoms with Crippen molar-refractivity contribution < 1.29 is 9.53 Å². The second-order valence-corrected chi connectivity index (χ2v) is 9.96. The average molecular weight is 434 g/mol. The average Bonchev–Trinajstić information content (AvgIpc) is 2.64. The molecule has 0 radical (unpaired) electrons. The first kappa shape index (κ1) is 21.2. The van der Waals surface area contributed by atoms with Crippen LogP contribution in [0.25, 0.3) is 0 Å². The van der Waals surface area contributed by atoms with Crippen LogP contribution in [0, 0.1) is 12.8 Å². The van der Waals surface area contributed by atoms with Crippen molar-refractivity contribution in [2.75, 3.05) is 19.7 Å². The quantitative estimate of drug-likeness (QED) is 0.540. The predicted octanol–water partition coefficient (Wildman–Crippen LogP) is 4.70. The Morgan fingerprint density at radius 1 is 1.19 bits per heavy atom. The number of alkyl halides is 3. The van der Waals surface area contributed by atoms with E-state index >= 15 is 0 Å². The molecule has 2 saturated heterocycles. The van der Waals surface area contributed by atoms with Crippen LogP contribution in [0.1, 0.15) is 48.0 Å². The number of aryl methyl sites for hydroxylation is 1. The van der Waals surface area contributed by atoms with Gasteiger partial charge in [-0.2, -0.15) is 0 Å². The first-order valence-corrected chi connectivity index (χ1v) is 10.8. The van der Waals surface area contributed by atoms with Crippen molar-refractivity contribution in [3.8, 4) is 0 Å². The van der Waals surface area contributed by atoms with Gasteiger partial charge in [0, 0.05) is 11.6 Å². The Labute approximate surface area is 176 Å². The maximum absolute atomic E-state index is 12.5. The number of rotatable bonds is 5.